The summed E-state index contributed by atoms with van der Waals surface area (Å²) in [5, 5.41) is 32.6. The Bertz CT molecular complexity index is 2640. The Morgan fingerprint density at radius 3 is 2.04 bits per heavy atom. The van der Waals surface area contributed by atoms with Crippen molar-refractivity contribution in [3.05, 3.63) is 94.3 Å². The number of nitrogens with zero attached hydrogens (tertiary/aromatic N) is 4. The predicted octanol–water partition coefficient (Wildman–Crippen LogP) is 0.709. The molecule has 2 heterocycles. The number of aliphatic hydroxyl groups excluding tert-OH is 1. The fourth-order valence-corrected chi connectivity index (χ4v) is 8.12. The lowest BCUT2D eigenvalue weighted by Crippen LogP contribution is -2.57. The zero-order valence-corrected chi connectivity index (χ0v) is 41.8. The smallest absolute Gasteiger partial charge is 0.255 e. The van der Waals surface area contributed by atoms with Gasteiger partial charge in [0.2, 0.25) is 29.5 Å². The predicted molar refractivity (Wildman–Crippen MR) is 268 cm³/mol. The number of benzene rings is 3. The molecule has 4 aromatic rings. The molecule has 5 unspecified atom stereocenters. The highest BCUT2D eigenvalue weighted by Crippen LogP contribution is 2.40. The maximum absolute atomic E-state index is 14.7. The number of likely N-dealkylation sites (N-methyl/N-ethyl adjacent to an activating group) is 1. The van der Waals surface area contributed by atoms with Crippen molar-refractivity contribution in [2.75, 3.05) is 53.0 Å². The van der Waals surface area contributed by atoms with E-state index in [1.54, 1.807) is 50.2 Å². The molecule has 3 aromatic carbocycles. The molecule has 384 valence electrons. The first kappa shape index (κ1) is 55.4. The topological polar surface area (TPSA) is 332 Å². The van der Waals surface area contributed by atoms with E-state index < -0.39 is 72.3 Å². The van der Waals surface area contributed by atoms with Crippen LogP contribution in [0.25, 0.3) is 22.5 Å². The van der Waals surface area contributed by atoms with Crippen LogP contribution in [0.5, 0.6) is 11.5 Å². The molecule has 1 aliphatic heterocycles. The van der Waals surface area contributed by atoms with E-state index in [1.165, 1.54) is 14.0 Å². The van der Waals surface area contributed by atoms with E-state index in [-0.39, 0.29) is 68.8 Å². The molecule has 0 aliphatic carbocycles. The van der Waals surface area contributed by atoms with Crippen LogP contribution in [-0.4, -0.2) is 133 Å². The number of aliphatic hydroxyl groups is 1. The van der Waals surface area contributed by atoms with E-state index in [1.807, 2.05) is 30.3 Å². The van der Waals surface area contributed by atoms with Gasteiger partial charge in [-0.15, -0.1) is 0 Å². The second-order valence-electron chi connectivity index (χ2n) is 18.4. The number of rotatable bonds is 18. The van der Waals surface area contributed by atoms with Gasteiger partial charge in [0.05, 0.1) is 29.6 Å². The minimum atomic E-state index is -1.56. The number of hydrogen-bond donors (Lipinski definition) is 9. The molecule has 1 aromatic heterocycles. The van der Waals surface area contributed by atoms with E-state index in [2.05, 4.69) is 57.3 Å². The molecule has 72 heavy (non-hydrogen) atoms. The van der Waals surface area contributed by atoms with Crippen LogP contribution in [0, 0.1) is 25.2 Å². The van der Waals surface area contributed by atoms with Gasteiger partial charge in [0.15, 0.2) is 5.82 Å². The van der Waals surface area contributed by atoms with Crippen LogP contribution in [-0.2, 0) is 35.8 Å². The van der Waals surface area contributed by atoms with Gasteiger partial charge in [0.25, 0.3) is 5.91 Å². The molecule has 0 radical (unpaired) electrons. The van der Waals surface area contributed by atoms with Crippen LogP contribution in [0.1, 0.15) is 78.6 Å². The molecule has 1 aliphatic rings. The highest BCUT2D eigenvalue weighted by atomic mass is 16.5. The highest BCUT2D eigenvalue weighted by molar-refractivity contribution is 6.01. The molecule has 21 heteroatoms. The average Bonchev–Trinajstić information content (AvgIpc) is 3.34. The Balaban J connectivity index is 1.49. The maximum Gasteiger partial charge on any atom is 0.255 e. The first-order valence-electron chi connectivity index (χ1n) is 23.6. The number of hydrogen-bond acceptors (Lipinski definition) is 15. The minimum Gasteiger partial charge on any atom is -0.492 e. The summed E-state index contributed by atoms with van der Waals surface area (Å²) in [5.41, 5.74) is 21.9. The van der Waals surface area contributed by atoms with Crippen LogP contribution in [0.4, 0.5) is 0 Å². The molecule has 0 fully saturated rings. The lowest BCUT2D eigenvalue weighted by atomic mass is 9.86. The van der Waals surface area contributed by atoms with Crippen molar-refractivity contribution in [1.29, 1.82) is 5.26 Å². The summed E-state index contributed by atoms with van der Waals surface area (Å²) in [6.45, 7) is 10.2. The van der Waals surface area contributed by atoms with Gasteiger partial charge in [-0.2, -0.15) is 5.26 Å². The first-order valence-corrected chi connectivity index (χ1v) is 23.6. The molecule has 21 nitrogen and oxygen atoms in total. The van der Waals surface area contributed by atoms with Crippen molar-refractivity contribution in [2.45, 2.75) is 90.0 Å². The Labute approximate surface area is 419 Å². The summed E-state index contributed by atoms with van der Waals surface area (Å²) in [7, 11) is 1.33. The van der Waals surface area contributed by atoms with Gasteiger partial charge in [-0.1, -0.05) is 57.2 Å². The van der Waals surface area contributed by atoms with Crippen LogP contribution in [0.15, 0.2) is 60.7 Å². The molecular formula is C51H66N12O9. The number of ether oxygens (including phenoxy) is 2. The molecule has 5 atom stereocenters. The van der Waals surface area contributed by atoms with Gasteiger partial charge in [0.1, 0.15) is 61.5 Å². The fourth-order valence-electron chi connectivity index (χ4n) is 8.12. The molecule has 4 bridgehead atoms. The summed E-state index contributed by atoms with van der Waals surface area (Å²) in [5.74, 6) is -3.61. The third-order valence-electron chi connectivity index (χ3n) is 11.9. The quantitative estimate of drug-likeness (QED) is 0.0620. The standard InChI is InChI=1S/C51H66N12O9/c1-28-42(29(2)58-44(57-28)32-9-12-34(13-10-32)51(4,5)6)48(68)62-39(27-64)47(67)60-37(16-17-52)50(70)63(7)43-33-11-15-41(72-23-20-55)36(26-33)35-24-31(8-14-40(35)71-22-19-54)25-38(46(66)56-21-18-53)61-45(65)30(3)59-49(43)69/h8-15,24,26,30,37-39,43,64H,16-17,19-23,25,27,52,54-55H2,1-7H3,(H,56,66)(H,59,69)(H,60,67)(H,61,65)(H,62,68). The zero-order chi connectivity index (χ0) is 52.9. The number of nitriles is 1. The van der Waals surface area contributed by atoms with Crippen molar-refractivity contribution in [3.8, 4) is 40.1 Å². The minimum absolute atomic E-state index is 0.0320. The molecule has 12 N–H and O–H groups in total. The highest BCUT2D eigenvalue weighted by Gasteiger charge is 2.37. The largest absolute Gasteiger partial charge is 0.492 e. The number of carbonyl (C=O) groups is 6. The van der Waals surface area contributed by atoms with Gasteiger partial charge in [-0.05, 0) is 80.1 Å². The Morgan fingerprint density at radius 1 is 0.861 bits per heavy atom. The van der Waals surface area contributed by atoms with Crippen molar-refractivity contribution < 1.29 is 43.3 Å². The third kappa shape index (κ3) is 13.7. The monoisotopic (exact) mass is 991 g/mol. The summed E-state index contributed by atoms with van der Waals surface area (Å²) in [6.07, 6.45) is -0.171. The number of nitrogens with two attached hydrogens (primary N) is 3. The summed E-state index contributed by atoms with van der Waals surface area (Å²) in [4.78, 5) is 94.4. The third-order valence-corrected chi connectivity index (χ3v) is 11.9. The number of carbonyl (C=O) groups excluding carboxylic acids is 6. The van der Waals surface area contributed by atoms with Crippen LogP contribution in [0.2, 0.25) is 0 Å². The second-order valence-corrected chi connectivity index (χ2v) is 18.4. The molecule has 0 spiro atoms. The fraction of sp³-hybridized carbons (Fsp3) is 0.431. The van der Waals surface area contributed by atoms with Gasteiger partial charge < -0.3 is 63.3 Å². The number of aromatic nitrogens is 2. The molecule has 0 saturated carbocycles. The van der Waals surface area contributed by atoms with Crippen LogP contribution in [0.3, 0.4) is 0 Å². The lowest BCUT2D eigenvalue weighted by molar-refractivity contribution is -0.143. The zero-order valence-electron chi connectivity index (χ0n) is 41.8. The summed E-state index contributed by atoms with van der Waals surface area (Å²) >= 11 is 0. The van der Waals surface area contributed by atoms with E-state index in [0.29, 0.717) is 45.4 Å². The Kier molecular flexibility index (Phi) is 19.3. The number of amides is 6. The van der Waals surface area contributed by atoms with Crippen molar-refractivity contribution in [3.63, 3.8) is 0 Å². The average molecular weight is 991 g/mol. The molecular weight excluding hydrogens is 925 g/mol. The van der Waals surface area contributed by atoms with E-state index >= 15 is 0 Å². The van der Waals surface area contributed by atoms with Crippen LogP contribution < -0.4 is 53.3 Å². The van der Waals surface area contributed by atoms with Gasteiger partial charge in [-0.3, -0.25) is 28.8 Å². The molecule has 0 saturated heterocycles. The summed E-state index contributed by atoms with van der Waals surface area (Å²) < 4.78 is 12.2. The summed E-state index contributed by atoms with van der Waals surface area (Å²) in [6, 6.07) is 12.6. The SMILES string of the molecule is Cc1nc(-c2ccc(C(C)(C)C)cc2)nc(C)c1C(=O)NC(CO)C(=O)NC(CCN)C(=O)N(C)C1C(=O)NC(C)C(=O)NC(C(=O)NCC#N)Cc2ccc(OCCN)c(c2)-c2cc1ccc2OCCN. The molecule has 5 rings (SSSR count). The van der Waals surface area contributed by atoms with Crippen LogP contribution >= 0.6 is 0 Å². The Hall–Kier alpha value is -7.51. The van der Waals surface area contributed by atoms with Gasteiger partial charge >= 0.3 is 0 Å². The number of aryl methyl sites for hydroxylation is 2. The second kappa shape index (κ2) is 25.0. The van der Waals surface area contributed by atoms with E-state index in [4.69, 9.17) is 26.7 Å². The lowest BCUT2D eigenvalue weighted by Gasteiger charge is -2.33. The van der Waals surface area contributed by atoms with E-state index in [0.717, 1.165) is 16.0 Å². The van der Waals surface area contributed by atoms with Crippen molar-refractivity contribution >= 4 is 35.4 Å². The van der Waals surface area contributed by atoms with Gasteiger partial charge in [0, 0.05) is 43.2 Å². The molecule has 6 amide bonds. The Morgan fingerprint density at radius 2 is 1.47 bits per heavy atom. The number of nitrogens with one attached hydrogen (secondary N) is 5. The van der Waals surface area contributed by atoms with Gasteiger partial charge in [-0.25, -0.2) is 9.97 Å². The maximum atomic E-state index is 14.7. The van der Waals surface area contributed by atoms with Crippen molar-refractivity contribution in [1.82, 2.24) is 41.5 Å². The van der Waals surface area contributed by atoms with E-state index in [9.17, 15) is 39.1 Å². The number of fused-ring (bicyclic) bond motifs is 5. The van der Waals surface area contributed by atoms with Crippen molar-refractivity contribution in [2.24, 2.45) is 17.2 Å². The first-order chi connectivity index (χ1) is 34.3. The normalized spacial score (nSPS) is 16.6.